The Hall–Kier alpha value is -0.630. The molecule has 1 rings (SSSR count). The molecule has 1 aliphatic rings. The van der Waals surface area contributed by atoms with Crippen molar-refractivity contribution in [3.63, 3.8) is 0 Å². The number of nitrogens with zero attached hydrogens (tertiary/aromatic N) is 1. The summed E-state index contributed by atoms with van der Waals surface area (Å²) in [5.74, 6) is 0.497. The maximum atomic E-state index is 8.67. The van der Waals surface area contributed by atoms with E-state index in [4.69, 9.17) is 5.11 Å². The van der Waals surface area contributed by atoms with Crippen molar-refractivity contribution in [2.24, 2.45) is 10.9 Å². The summed E-state index contributed by atoms with van der Waals surface area (Å²) in [6, 6.07) is 0. The second kappa shape index (κ2) is 2.78. The molecule has 0 spiro atoms. The smallest absolute Gasteiger partial charge is 0.0659 e. The van der Waals surface area contributed by atoms with Gasteiger partial charge in [-0.2, -0.15) is 0 Å². The van der Waals surface area contributed by atoms with E-state index in [2.05, 4.69) is 11.9 Å². The van der Waals surface area contributed by atoms with Gasteiger partial charge in [-0.1, -0.05) is 6.92 Å². The van der Waals surface area contributed by atoms with Gasteiger partial charge in [-0.05, 0) is 17.9 Å². The fourth-order valence-corrected chi connectivity index (χ4v) is 0.920. The van der Waals surface area contributed by atoms with Crippen LogP contribution in [0.15, 0.2) is 16.8 Å². The monoisotopic (exact) mass is 125 g/mol. The van der Waals surface area contributed by atoms with Crippen LogP contribution in [0.2, 0.25) is 0 Å². The van der Waals surface area contributed by atoms with Crippen LogP contribution in [0.25, 0.3) is 0 Å². The molecule has 0 aromatic heterocycles. The molecule has 1 heterocycles. The van der Waals surface area contributed by atoms with Gasteiger partial charge in [-0.25, -0.2) is 0 Å². The number of hydrogen-bond acceptors (Lipinski definition) is 2. The Bertz CT molecular complexity index is 149. The van der Waals surface area contributed by atoms with Crippen LogP contribution < -0.4 is 0 Å². The SMILES string of the molecule is CC1C=NC=C(CO)C1. The number of aliphatic hydroxyl groups is 1. The first-order chi connectivity index (χ1) is 4.33. The Balaban J connectivity index is 2.55. The topological polar surface area (TPSA) is 32.6 Å². The summed E-state index contributed by atoms with van der Waals surface area (Å²) < 4.78 is 0. The van der Waals surface area contributed by atoms with Crippen LogP contribution in [-0.2, 0) is 0 Å². The Morgan fingerprint density at radius 3 is 3.11 bits per heavy atom. The molecule has 0 aromatic rings. The highest BCUT2D eigenvalue weighted by Crippen LogP contribution is 2.12. The molecular formula is C7H11NO. The molecule has 1 unspecified atom stereocenters. The van der Waals surface area contributed by atoms with Gasteiger partial charge in [-0.3, -0.25) is 4.99 Å². The predicted molar refractivity (Wildman–Crippen MR) is 37.4 cm³/mol. The lowest BCUT2D eigenvalue weighted by atomic mass is 10.0. The van der Waals surface area contributed by atoms with E-state index in [-0.39, 0.29) is 6.61 Å². The van der Waals surface area contributed by atoms with Gasteiger partial charge in [0.2, 0.25) is 0 Å². The van der Waals surface area contributed by atoms with Crippen molar-refractivity contribution in [2.75, 3.05) is 6.61 Å². The zero-order valence-corrected chi connectivity index (χ0v) is 5.54. The molecule has 0 amide bonds. The number of aliphatic imine (C=N–C) groups is 1. The van der Waals surface area contributed by atoms with E-state index < -0.39 is 0 Å². The van der Waals surface area contributed by atoms with E-state index >= 15 is 0 Å². The Morgan fingerprint density at radius 1 is 1.89 bits per heavy atom. The fraction of sp³-hybridized carbons (Fsp3) is 0.571. The largest absolute Gasteiger partial charge is 0.392 e. The third-order valence-electron chi connectivity index (χ3n) is 1.38. The van der Waals surface area contributed by atoms with Gasteiger partial charge in [0.1, 0.15) is 0 Å². The minimum atomic E-state index is 0.154. The van der Waals surface area contributed by atoms with E-state index in [1.807, 2.05) is 6.21 Å². The third kappa shape index (κ3) is 1.64. The molecule has 0 radical (unpaired) electrons. The van der Waals surface area contributed by atoms with Crippen molar-refractivity contribution in [3.8, 4) is 0 Å². The van der Waals surface area contributed by atoms with Crippen LogP contribution in [0.4, 0.5) is 0 Å². The molecule has 0 bridgehead atoms. The molecule has 0 saturated heterocycles. The first-order valence-electron chi connectivity index (χ1n) is 3.15. The molecule has 2 nitrogen and oxygen atoms in total. The lowest BCUT2D eigenvalue weighted by Gasteiger charge is -2.10. The zero-order valence-electron chi connectivity index (χ0n) is 5.54. The van der Waals surface area contributed by atoms with Gasteiger partial charge in [0.15, 0.2) is 0 Å². The summed E-state index contributed by atoms with van der Waals surface area (Å²) in [4.78, 5) is 3.96. The highest BCUT2D eigenvalue weighted by molar-refractivity contribution is 5.63. The summed E-state index contributed by atoms with van der Waals surface area (Å²) in [6.07, 6.45) is 4.60. The van der Waals surface area contributed by atoms with Gasteiger partial charge in [-0.15, -0.1) is 0 Å². The van der Waals surface area contributed by atoms with Crippen molar-refractivity contribution < 1.29 is 5.11 Å². The number of aliphatic hydroxyl groups excluding tert-OH is 1. The number of hydrogen-bond donors (Lipinski definition) is 1. The maximum absolute atomic E-state index is 8.67. The number of rotatable bonds is 1. The van der Waals surface area contributed by atoms with Crippen molar-refractivity contribution >= 4 is 6.21 Å². The lowest BCUT2D eigenvalue weighted by molar-refractivity contribution is 0.323. The minimum absolute atomic E-state index is 0.154. The van der Waals surface area contributed by atoms with Crippen LogP contribution in [0, 0.1) is 5.92 Å². The standard InChI is InChI=1S/C7H11NO/c1-6-2-7(5-9)4-8-3-6/h3-4,6,9H,2,5H2,1H3. The van der Waals surface area contributed by atoms with Gasteiger partial charge in [0.05, 0.1) is 6.61 Å². The average molecular weight is 125 g/mol. The summed E-state index contributed by atoms with van der Waals surface area (Å²) in [7, 11) is 0. The fourth-order valence-electron chi connectivity index (χ4n) is 0.920. The molecule has 1 aliphatic heterocycles. The van der Waals surface area contributed by atoms with Crippen molar-refractivity contribution in [3.05, 3.63) is 11.8 Å². The summed E-state index contributed by atoms with van der Waals surface area (Å²) in [6.45, 7) is 2.24. The minimum Gasteiger partial charge on any atom is -0.392 e. The molecule has 0 fully saturated rings. The van der Waals surface area contributed by atoms with Gasteiger partial charge in [0.25, 0.3) is 0 Å². The molecule has 1 atom stereocenters. The molecule has 50 valence electrons. The van der Waals surface area contributed by atoms with Crippen LogP contribution in [-0.4, -0.2) is 17.9 Å². The Labute approximate surface area is 54.9 Å². The van der Waals surface area contributed by atoms with Gasteiger partial charge < -0.3 is 5.11 Å². The highest BCUT2D eigenvalue weighted by atomic mass is 16.3. The summed E-state index contributed by atoms with van der Waals surface area (Å²) in [5, 5.41) is 8.67. The molecule has 2 heteroatoms. The van der Waals surface area contributed by atoms with E-state index in [1.165, 1.54) is 0 Å². The van der Waals surface area contributed by atoms with Gasteiger partial charge in [0, 0.05) is 12.4 Å². The molecule has 9 heavy (non-hydrogen) atoms. The second-order valence-electron chi connectivity index (χ2n) is 2.43. The van der Waals surface area contributed by atoms with Crippen molar-refractivity contribution in [1.82, 2.24) is 0 Å². The molecule has 1 N–H and O–H groups in total. The summed E-state index contributed by atoms with van der Waals surface area (Å²) >= 11 is 0. The normalized spacial score (nSPS) is 26.0. The first kappa shape index (κ1) is 6.49. The summed E-state index contributed by atoms with van der Waals surface area (Å²) in [5.41, 5.74) is 1.03. The lowest BCUT2D eigenvalue weighted by Crippen LogP contribution is -2.04. The molecule has 0 aliphatic carbocycles. The van der Waals surface area contributed by atoms with Crippen LogP contribution in [0.1, 0.15) is 13.3 Å². The highest BCUT2D eigenvalue weighted by Gasteiger charge is 2.05. The maximum Gasteiger partial charge on any atom is 0.0659 e. The van der Waals surface area contributed by atoms with E-state index in [0.29, 0.717) is 5.92 Å². The second-order valence-corrected chi connectivity index (χ2v) is 2.43. The average Bonchev–Trinajstić information content (AvgIpc) is 1.88. The molecular weight excluding hydrogens is 114 g/mol. The van der Waals surface area contributed by atoms with E-state index in [1.54, 1.807) is 6.20 Å². The van der Waals surface area contributed by atoms with Crippen LogP contribution in [0.5, 0.6) is 0 Å². The Morgan fingerprint density at radius 2 is 2.67 bits per heavy atom. The molecule has 0 saturated carbocycles. The zero-order chi connectivity index (χ0) is 6.69. The Kier molecular flexibility index (Phi) is 2.01. The van der Waals surface area contributed by atoms with Crippen molar-refractivity contribution in [2.45, 2.75) is 13.3 Å². The van der Waals surface area contributed by atoms with Crippen LogP contribution >= 0.6 is 0 Å². The third-order valence-corrected chi connectivity index (χ3v) is 1.38. The first-order valence-corrected chi connectivity index (χ1v) is 3.15. The quantitative estimate of drug-likeness (QED) is 0.556. The molecule has 0 aromatic carbocycles. The van der Waals surface area contributed by atoms with Crippen molar-refractivity contribution in [1.29, 1.82) is 0 Å². The van der Waals surface area contributed by atoms with E-state index in [0.717, 1.165) is 12.0 Å². The van der Waals surface area contributed by atoms with Gasteiger partial charge >= 0.3 is 0 Å². The van der Waals surface area contributed by atoms with E-state index in [9.17, 15) is 0 Å². The predicted octanol–water partition coefficient (Wildman–Crippen LogP) is 0.973. The van der Waals surface area contributed by atoms with Crippen LogP contribution in [0.3, 0.4) is 0 Å².